The van der Waals surface area contributed by atoms with Crippen LogP contribution in [0, 0.1) is 0 Å². The van der Waals surface area contributed by atoms with E-state index in [9.17, 15) is 8.42 Å². The molecule has 0 radical (unpaired) electrons. The standard InChI is InChI=1S/C22H22N2O6S/c1-27-13-10-14-19(17(11-13)29-3)22(8-9-22)12-15-20(14)30-23-21(15)24-31(25,26)18-7-5-4-6-16(18)28-2/h4-7,10-11H,8-9,12H2,1-3H3,(H,23,24). The van der Waals surface area contributed by atoms with Crippen molar-refractivity contribution in [3.63, 3.8) is 0 Å². The lowest BCUT2D eigenvalue weighted by molar-refractivity contribution is 0.384. The zero-order valence-corrected chi connectivity index (χ0v) is 18.2. The lowest BCUT2D eigenvalue weighted by atomic mass is 9.78. The predicted molar refractivity (Wildman–Crippen MR) is 113 cm³/mol. The third-order valence-corrected chi connectivity index (χ3v) is 7.43. The van der Waals surface area contributed by atoms with Gasteiger partial charge < -0.3 is 18.7 Å². The normalized spacial score (nSPS) is 15.7. The number of ether oxygens (including phenoxy) is 3. The lowest BCUT2D eigenvalue weighted by Crippen LogP contribution is -2.21. The summed E-state index contributed by atoms with van der Waals surface area (Å²) >= 11 is 0. The number of hydrogen-bond donors (Lipinski definition) is 1. The summed E-state index contributed by atoms with van der Waals surface area (Å²) in [4.78, 5) is 0.0370. The molecule has 1 heterocycles. The van der Waals surface area contributed by atoms with Crippen molar-refractivity contribution in [2.45, 2.75) is 29.6 Å². The molecule has 1 aromatic heterocycles. The first-order valence-electron chi connectivity index (χ1n) is 9.84. The lowest BCUT2D eigenvalue weighted by Gasteiger charge is -2.27. The van der Waals surface area contributed by atoms with Crippen LogP contribution in [0.4, 0.5) is 5.82 Å². The second-order valence-corrected chi connectivity index (χ2v) is 9.46. The van der Waals surface area contributed by atoms with Gasteiger partial charge in [0.2, 0.25) is 0 Å². The summed E-state index contributed by atoms with van der Waals surface area (Å²) in [7, 11) is 0.726. The number of nitrogens with zero attached hydrogens (tertiary/aromatic N) is 1. The van der Waals surface area contributed by atoms with Crippen molar-refractivity contribution in [3.05, 3.63) is 47.5 Å². The van der Waals surface area contributed by atoms with E-state index in [0.717, 1.165) is 35.3 Å². The first-order chi connectivity index (χ1) is 14.9. The van der Waals surface area contributed by atoms with Crippen LogP contribution in [0.25, 0.3) is 11.3 Å². The van der Waals surface area contributed by atoms with Gasteiger partial charge in [-0.1, -0.05) is 17.3 Å². The van der Waals surface area contributed by atoms with Crippen molar-refractivity contribution in [3.8, 4) is 28.6 Å². The summed E-state index contributed by atoms with van der Waals surface area (Å²) in [5.41, 5.74) is 2.51. The number of anilines is 1. The van der Waals surface area contributed by atoms with Crippen LogP contribution >= 0.6 is 0 Å². The number of fused-ring (bicyclic) bond motifs is 4. The molecule has 2 aliphatic rings. The van der Waals surface area contributed by atoms with E-state index in [0.29, 0.717) is 17.9 Å². The van der Waals surface area contributed by atoms with Crippen LogP contribution in [0.15, 0.2) is 45.8 Å². The fourth-order valence-corrected chi connectivity index (χ4v) is 5.59. The van der Waals surface area contributed by atoms with Gasteiger partial charge in [-0.25, -0.2) is 8.42 Å². The van der Waals surface area contributed by atoms with Gasteiger partial charge >= 0.3 is 0 Å². The highest BCUT2D eigenvalue weighted by molar-refractivity contribution is 7.92. The molecule has 1 N–H and O–H groups in total. The highest BCUT2D eigenvalue weighted by Gasteiger charge is 2.52. The smallest absolute Gasteiger partial charge is 0.266 e. The van der Waals surface area contributed by atoms with Crippen molar-refractivity contribution < 1.29 is 27.2 Å². The summed E-state index contributed by atoms with van der Waals surface area (Å²) in [5.74, 6) is 2.35. The largest absolute Gasteiger partial charge is 0.497 e. The topological polar surface area (TPSA) is 99.9 Å². The van der Waals surface area contributed by atoms with Crippen molar-refractivity contribution in [2.75, 3.05) is 26.1 Å². The Bertz CT molecular complexity index is 1280. The van der Waals surface area contributed by atoms with Crippen LogP contribution in [0.1, 0.15) is 24.0 Å². The summed E-state index contributed by atoms with van der Waals surface area (Å²) in [6.45, 7) is 0. The fourth-order valence-electron chi connectivity index (χ4n) is 4.39. The number of aromatic nitrogens is 1. The highest BCUT2D eigenvalue weighted by Crippen LogP contribution is 2.61. The molecule has 0 aliphatic heterocycles. The van der Waals surface area contributed by atoms with Crippen LogP contribution in [0.2, 0.25) is 0 Å². The minimum absolute atomic E-state index is 0.0370. The van der Waals surface area contributed by atoms with Gasteiger partial charge in [-0.05, 0) is 37.5 Å². The first kappa shape index (κ1) is 19.7. The van der Waals surface area contributed by atoms with Crippen LogP contribution in [-0.2, 0) is 21.9 Å². The molecule has 1 fully saturated rings. The van der Waals surface area contributed by atoms with E-state index >= 15 is 0 Å². The Morgan fingerprint density at radius 3 is 2.45 bits per heavy atom. The number of rotatable bonds is 6. The van der Waals surface area contributed by atoms with E-state index in [-0.39, 0.29) is 21.9 Å². The van der Waals surface area contributed by atoms with Crippen molar-refractivity contribution >= 4 is 15.8 Å². The van der Waals surface area contributed by atoms with E-state index in [2.05, 4.69) is 9.88 Å². The zero-order valence-electron chi connectivity index (χ0n) is 17.4. The maximum absolute atomic E-state index is 13.1. The average Bonchev–Trinajstić information content (AvgIpc) is 3.45. The quantitative estimate of drug-likeness (QED) is 0.620. The van der Waals surface area contributed by atoms with Crippen molar-refractivity contribution in [1.82, 2.24) is 5.16 Å². The third-order valence-electron chi connectivity index (χ3n) is 6.05. The number of methoxy groups -OCH3 is 3. The molecule has 0 atom stereocenters. The molecule has 0 saturated heterocycles. The average molecular weight is 442 g/mol. The van der Waals surface area contributed by atoms with Gasteiger partial charge in [0.25, 0.3) is 10.0 Å². The number of para-hydroxylation sites is 1. The van der Waals surface area contributed by atoms with Crippen molar-refractivity contribution in [1.29, 1.82) is 0 Å². The molecule has 5 rings (SSSR count). The minimum Gasteiger partial charge on any atom is -0.497 e. The Kier molecular flexibility index (Phi) is 4.40. The second-order valence-electron chi connectivity index (χ2n) is 7.80. The van der Waals surface area contributed by atoms with Gasteiger partial charge in [-0.15, -0.1) is 0 Å². The predicted octanol–water partition coefficient (Wildman–Crippen LogP) is 3.76. The van der Waals surface area contributed by atoms with Crippen LogP contribution < -0.4 is 18.9 Å². The molecule has 0 bridgehead atoms. The molecule has 8 nitrogen and oxygen atoms in total. The summed E-state index contributed by atoms with van der Waals surface area (Å²) in [6, 6.07) is 10.2. The minimum atomic E-state index is -3.93. The van der Waals surface area contributed by atoms with Crippen LogP contribution in [0.3, 0.4) is 0 Å². The Morgan fingerprint density at radius 1 is 1.03 bits per heavy atom. The number of sulfonamides is 1. The Morgan fingerprint density at radius 2 is 1.77 bits per heavy atom. The summed E-state index contributed by atoms with van der Waals surface area (Å²) in [5, 5.41) is 4.08. The first-order valence-corrected chi connectivity index (χ1v) is 11.3. The Labute approximate surface area is 180 Å². The van der Waals surface area contributed by atoms with E-state index in [4.69, 9.17) is 18.7 Å². The highest BCUT2D eigenvalue weighted by atomic mass is 32.2. The Balaban J connectivity index is 1.61. The molecule has 1 spiro atoms. The van der Waals surface area contributed by atoms with E-state index < -0.39 is 10.0 Å². The van der Waals surface area contributed by atoms with Crippen LogP contribution in [0.5, 0.6) is 17.2 Å². The molecule has 1 saturated carbocycles. The van der Waals surface area contributed by atoms with Gasteiger partial charge in [0, 0.05) is 28.2 Å². The summed E-state index contributed by atoms with van der Waals surface area (Å²) < 4.78 is 50.7. The molecule has 9 heteroatoms. The molecule has 2 aliphatic carbocycles. The number of benzene rings is 2. The van der Waals surface area contributed by atoms with Crippen LogP contribution in [-0.4, -0.2) is 34.9 Å². The van der Waals surface area contributed by atoms with E-state index in [1.54, 1.807) is 32.4 Å². The number of nitrogens with one attached hydrogen (secondary N) is 1. The van der Waals surface area contributed by atoms with Gasteiger partial charge in [0.15, 0.2) is 11.6 Å². The van der Waals surface area contributed by atoms with Gasteiger partial charge in [-0.3, -0.25) is 4.72 Å². The Hall–Kier alpha value is -3.20. The van der Waals surface area contributed by atoms with E-state index in [1.165, 1.54) is 13.2 Å². The van der Waals surface area contributed by atoms with E-state index in [1.807, 2.05) is 12.1 Å². The van der Waals surface area contributed by atoms with Crippen molar-refractivity contribution in [2.24, 2.45) is 0 Å². The molecule has 31 heavy (non-hydrogen) atoms. The monoisotopic (exact) mass is 442 g/mol. The molecule has 0 amide bonds. The zero-order chi connectivity index (χ0) is 21.8. The molecule has 3 aromatic rings. The second kappa shape index (κ2) is 6.91. The fraction of sp³-hybridized carbons (Fsp3) is 0.318. The number of hydrogen-bond acceptors (Lipinski definition) is 7. The molecular weight excluding hydrogens is 420 g/mol. The van der Waals surface area contributed by atoms with Gasteiger partial charge in [-0.2, -0.15) is 0 Å². The molecule has 2 aromatic carbocycles. The molecular formula is C22H22N2O6S. The van der Waals surface area contributed by atoms with Gasteiger partial charge in [0.1, 0.15) is 22.1 Å². The molecule has 0 unspecified atom stereocenters. The summed E-state index contributed by atoms with van der Waals surface area (Å²) in [6.07, 6.45) is 2.57. The third kappa shape index (κ3) is 3.03. The maximum Gasteiger partial charge on any atom is 0.266 e. The molecule has 162 valence electrons. The van der Waals surface area contributed by atoms with Gasteiger partial charge in [0.05, 0.1) is 21.3 Å². The SMILES string of the molecule is COc1cc(OC)c2c(c1)-c1onc(NS(=O)(=O)c3ccccc3OC)c1CC21CC1. The maximum atomic E-state index is 13.1.